The average Bonchev–Trinajstić information content (AvgIpc) is 2.95. The smallest absolute Gasteiger partial charge is 0.248 e. The Morgan fingerprint density at radius 2 is 1.73 bits per heavy atom. The Labute approximate surface area is 241 Å². The lowest BCUT2D eigenvalue weighted by atomic mass is 9.94. The number of nitrogens with one attached hydrogen (secondary N) is 2. The number of rotatable bonds is 10. The predicted molar refractivity (Wildman–Crippen MR) is 159 cm³/mol. The van der Waals surface area contributed by atoms with Crippen LogP contribution in [0.3, 0.4) is 0 Å². The maximum Gasteiger partial charge on any atom is 0.248 e. The van der Waals surface area contributed by atoms with Gasteiger partial charge in [-0.05, 0) is 80.1 Å². The molecule has 1 aliphatic carbocycles. The standard InChI is InChI=1S/C32H37ClN4O3/c1-22-14-15-23(2)27(21-22)37(30(39)13-8-12-29(38)36-28-11-6-7-20-34-28)31(24-16-18-25(33)19-17-24)32(40)35-26-9-4-3-5-10-26/h6-7,11,14-21,26,31H,3-5,8-10,12-13H2,1-2H3,(H,35,40)(H,34,36,38). The van der Waals surface area contributed by atoms with Crippen molar-refractivity contribution in [3.8, 4) is 0 Å². The van der Waals surface area contributed by atoms with E-state index in [1.54, 1.807) is 53.6 Å². The van der Waals surface area contributed by atoms with Gasteiger partial charge in [0.1, 0.15) is 11.9 Å². The quantitative estimate of drug-likeness (QED) is 0.289. The molecule has 1 aliphatic rings. The molecule has 1 atom stereocenters. The highest BCUT2D eigenvalue weighted by Gasteiger charge is 2.34. The summed E-state index contributed by atoms with van der Waals surface area (Å²) >= 11 is 6.19. The van der Waals surface area contributed by atoms with Crippen LogP contribution < -0.4 is 15.5 Å². The summed E-state index contributed by atoms with van der Waals surface area (Å²) in [6.07, 6.45) is 7.39. The van der Waals surface area contributed by atoms with Crippen molar-refractivity contribution in [2.24, 2.45) is 0 Å². The van der Waals surface area contributed by atoms with Crippen molar-refractivity contribution in [1.29, 1.82) is 0 Å². The highest BCUT2D eigenvalue weighted by molar-refractivity contribution is 6.30. The molecule has 2 aromatic carbocycles. The van der Waals surface area contributed by atoms with E-state index in [2.05, 4.69) is 15.6 Å². The summed E-state index contributed by atoms with van der Waals surface area (Å²) in [4.78, 5) is 46.2. The van der Waals surface area contributed by atoms with Gasteiger partial charge >= 0.3 is 0 Å². The fourth-order valence-corrected chi connectivity index (χ4v) is 5.27. The molecule has 0 spiro atoms. The first-order chi connectivity index (χ1) is 19.3. The normalized spacial score (nSPS) is 14.3. The van der Waals surface area contributed by atoms with Gasteiger partial charge < -0.3 is 10.6 Å². The van der Waals surface area contributed by atoms with E-state index in [1.165, 1.54) is 6.42 Å². The monoisotopic (exact) mass is 560 g/mol. The highest BCUT2D eigenvalue weighted by atomic mass is 35.5. The van der Waals surface area contributed by atoms with Crippen molar-refractivity contribution < 1.29 is 14.4 Å². The summed E-state index contributed by atoms with van der Waals surface area (Å²) in [5.74, 6) is -0.179. The van der Waals surface area contributed by atoms with Gasteiger partial charge in [-0.25, -0.2) is 4.98 Å². The molecule has 1 unspecified atom stereocenters. The maximum atomic E-state index is 14.0. The minimum atomic E-state index is -0.880. The second-order valence-corrected chi connectivity index (χ2v) is 10.9. The van der Waals surface area contributed by atoms with Crippen LogP contribution in [0.1, 0.15) is 74.1 Å². The molecule has 0 bridgehead atoms. The van der Waals surface area contributed by atoms with E-state index in [1.807, 2.05) is 32.0 Å². The summed E-state index contributed by atoms with van der Waals surface area (Å²) in [5.41, 5.74) is 3.23. The molecule has 210 valence electrons. The first-order valence-corrected chi connectivity index (χ1v) is 14.4. The van der Waals surface area contributed by atoms with E-state index < -0.39 is 6.04 Å². The molecule has 8 heteroatoms. The lowest BCUT2D eigenvalue weighted by Gasteiger charge is -2.34. The van der Waals surface area contributed by atoms with E-state index in [-0.39, 0.29) is 36.6 Å². The van der Waals surface area contributed by atoms with Crippen LogP contribution >= 0.6 is 11.6 Å². The molecule has 7 nitrogen and oxygen atoms in total. The van der Waals surface area contributed by atoms with Gasteiger partial charge in [0.25, 0.3) is 0 Å². The highest BCUT2D eigenvalue weighted by Crippen LogP contribution is 2.33. The summed E-state index contributed by atoms with van der Waals surface area (Å²) < 4.78 is 0. The van der Waals surface area contributed by atoms with Crippen LogP contribution in [0.4, 0.5) is 11.5 Å². The molecule has 1 saturated carbocycles. The van der Waals surface area contributed by atoms with Crippen molar-refractivity contribution in [2.75, 3.05) is 10.2 Å². The number of aromatic nitrogens is 1. The Hall–Kier alpha value is -3.71. The zero-order chi connectivity index (χ0) is 28.5. The molecular formula is C32H37ClN4O3. The molecule has 2 N–H and O–H groups in total. The Balaban J connectivity index is 1.61. The van der Waals surface area contributed by atoms with Crippen LogP contribution in [-0.2, 0) is 14.4 Å². The van der Waals surface area contributed by atoms with E-state index in [0.717, 1.165) is 36.8 Å². The van der Waals surface area contributed by atoms with E-state index in [0.29, 0.717) is 28.5 Å². The number of nitrogens with zero attached hydrogens (tertiary/aromatic N) is 2. The number of hydrogen-bond donors (Lipinski definition) is 2. The Morgan fingerprint density at radius 3 is 2.42 bits per heavy atom. The largest absolute Gasteiger partial charge is 0.351 e. The number of aryl methyl sites for hydroxylation is 2. The zero-order valence-corrected chi connectivity index (χ0v) is 23.9. The van der Waals surface area contributed by atoms with Crippen molar-refractivity contribution in [3.63, 3.8) is 0 Å². The van der Waals surface area contributed by atoms with Crippen molar-refractivity contribution >= 4 is 40.8 Å². The Bertz CT molecular complexity index is 1310. The molecule has 3 aromatic rings. The van der Waals surface area contributed by atoms with Crippen LogP contribution in [0.25, 0.3) is 0 Å². The van der Waals surface area contributed by atoms with Crippen LogP contribution in [0.2, 0.25) is 5.02 Å². The van der Waals surface area contributed by atoms with Crippen molar-refractivity contribution in [2.45, 2.75) is 77.3 Å². The maximum absolute atomic E-state index is 14.0. The van der Waals surface area contributed by atoms with Gasteiger partial charge in [0.05, 0.1) is 0 Å². The fraction of sp³-hybridized carbons (Fsp3) is 0.375. The average molecular weight is 561 g/mol. The van der Waals surface area contributed by atoms with Gasteiger partial charge in [-0.15, -0.1) is 0 Å². The molecule has 1 aromatic heterocycles. The second kappa shape index (κ2) is 14.1. The van der Waals surface area contributed by atoms with E-state index >= 15 is 0 Å². The molecule has 1 heterocycles. The summed E-state index contributed by atoms with van der Waals surface area (Å²) in [6.45, 7) is 3.90. The van der Waals surface area contributed by atoms with Crippen LogP contribution in [0.5, 0.6) is 0 Å². The predicted octanol–water partition coefficient (Wildman–Crippen LogP) is 6.68. The molecule has 3 amide bonds. The SMILES string of the molecule is Cc1ccc(C)c(N(C(=O)CCCC(=O)Nc2ccccn2)C(C(=O)NC2CCCCC2)c2ccc(Cl)cc2)c1. The van der Waals surface area contributed by atoms with Crippen molar-refractivity contribution in [1.82, 2.24) is 10.3 Å². The third-order valence-electron chi connectivity index (χ3n) is 7.26. The van der Waals surface area contributed by atoms with Gasteiger partial charge in [-0.2, -0.15) is 0 Å². The third-order valence-corrected chi connectivity index (χ3v) is 7.52. The topological polar surface area (TPSA) is 91.4 Å². The summed E-state index contributed by atoms with van der Waals surface area (Å²) in [6, 6.07) is 17.5. The molecule has 0 radical (unpaired) electrons. The van der Waals surface area contributed by atoms with E-state index in [4.69, 9.17) is 11.6 Å². The molecule has 40 heavy (non-hydrogen) atoms. The fourth-order valence-electron chi connectivity index (χ4n) is 5.15. The summed E-state index contributed by atoms with van der Waals surface area (Å²) in [5, 5.41) is 6.55. The minimum absolute atomic E-state index is 0.0851. The number of benzene rings is 2. The first kappa shape index (κ1) is 29.3. The number of hydrogen-bond acceptors (Lipinski definition) is 4. The number of pyridine rings is 1. The number of halogens is 1. The zero-order valence-electron chi connectivity index (χ0n) is 23.2. The first-order valence-electron chi connectivity index (χ1n) is 14.0. The van der Waals surface area contributed by atoms with Gasteiger partial charge in [0.15, 0.2) is 0 Å². The number of carbonyl (C=O) groups excluding carboxylic acids is 3. The van der Waals surface area contributed by atoms with Crippen LogP contribution in [0.15, 0.2) is 66.9 Å². The third kappa shape index (κ3) is 7.92. The molecule has 0 aliphatic heterocycles. The van der Waals surface area contributed by atoms with Gasteiger partial charge in [0.2, 0.25) is 17.7 Å². The molecule has 4 rings (SSSR count). The Kier molecular flexibility index (Phi) is 10.3. The minimum Gasteiger partial charge on any atom is -0.351 e. The van der Waals surface area contributed by atoms with Crippen LogP contribution in [-0.4, -0.2) is 28.7 Å². The van der Waals surface area contributed by atoms with Crippen LogP contribution in [0, 0.1) is 13.8 Å². The molecule has 1 fully saturated rings. The number of carbonyl (C=O) groups is 3. The lowest BCUT2D eigenvalue weighted by molar-refractivity contribution is -0.127. The van der Waals surface area contributed by atoms with Gasteiger partial charge in [-0.3, -0.25) is 19.3 Å². The van der Waals surface area contributed by atoms with E-state index in [9.17, 15) is 14.4 Å². The molecular weight excluding hydrogens is 524 g/mol. The van der Waals surface area contributed by atoms with Gasteiger partial charge in [-0.1, -0.05) is 61.2 Å². The number of amides is 3. The molecule has 0 saturated heterocycles. The lowest BCUT2D eigenvalue weighted by Crippen LogP contribution is -2.47. The van der Waals surface area contributed by atoms with Crippen molar-refractivity contribution in [3.05, 3.63) is 88.6 Å². The Morgan fingerprint density at radius 1 is 0.975 bits per heavy atom. The number of anilines is 2. The second-order valence-electron chi connectivity index (χ2n) is 10.5. The summed E-state index contributed by atoms with van der Waals surface area (Å²) in [7, 11) is 0. The van der Waals surface area contributed by atoms with Gasteiger partial charge in [0, 0.05) is 35.8 Å².